The van der Waals surface area contributed by atoms with Gasteiger partial charge in [0.05, 0.1) is 0 Å². The minimum absolute atomic E-state index is 0.365. The maximum atomic E-state index is 3.92. The van der Waals surface area contributed by atoms with Gasteiger partial charge in [-0.3, -0.25) is 0 Å². The van der Waals surface area contributed by atoms with E-state index in [1.54, 1.807) is 0 Å². The molecule has 0 aliphatic heterocycles. The van der Waals surface area contributed by atoms with Gasteiger partial charge in [0.2, 0.25) is 6.33 Å². The molecule has 1 radical (unpaired) electrons. The van der Waals surface area contributed by atoms with Crippen molar-refractivity contribution in [1.29, 1.82) is 0 Å². The van der Waals surface area contributed by atoms with Crippen molar-refractivity contribution in [3.8, 4) is 0 Å². The lowest BCUT2D eigenvalue weighted by atomic mass is 10.2. The Morgan fingerprint density at radius 2 is 2.33 bits per heavy atom. The molecule has 0 saturated heterocycles. The zero-order valence-electron chi connectivity index (χ0n) is 5.50. The number of rotatable bonds is 1. The highest BCUT2D eigenvalue weighted by atomic mass is 15.0. The van der Waals surface area contributed by atoms with E-state index >= 15 is 0 Å². The summed E-state index contributed by atoms with van der Waals surface area (Å²) in [6.07, 6.45) is 3.94. The molecule has 0 unspecified atom stereocenters. The van der Waals surface area contributed by atoms with Gasteiger partial charge < -0.3 is 0 Å². The monoisotopic (exact) mass is 122 g/mol. The van der Waals surface area contributed by atoms with E-state index in [9.17, 15) is 0 Å². The van der Waals surface area contributed by atoms with Gasteiger partial charge in [0.1, 0.15) is 12.2 Å². The summed E-state index contributed by atoms with van der Waals surface area (Å²) in [5, 5.41) is 0. The van der Waals surface area contributed by atoms with Crippen LogP contribution in [0.5, 0.6) is 0 Å². The van der Waals surface area contributed by atoms with Gasteiger partial charge in [-0.1, -0.05) is 13.8 Å². The topological polar surface area (TPSA) is 38.7 Å². The molecular weight excluding hydrogens is 114 g/mol. The zero-order chi connectivity index (χ0) is 6.69. The first-order valence-electron chi connectivity index (χ1n) is 2.85. The average Bonchev–Trinajstić information content (AvgIpc) is 1.90. The van der Waals surface area contributed by atoms with Crippen molar-refractivity contribution in [3.63, 3.8) is 0 Å². The van der Waals surface area contributed by atoms with E-state index in [2.05, 4.69) is 21.3 Å². The summed E-state index contributed by atoms with van der Waals surface area (Å²) in [5.74, 6) is 1.16. The lowest BCUT2D eigenvalue weighted by molar-refractivity contribution is 0.756. The highest BCUT2D eigenvalue weighted by Gasteiger charge is 1.98. The number of aromatic nitrogens is 3. The molecule has 0 aromatic carbocycles. The molecule has 1 aromatic rings. The normalized spacial score (nSPS) is 10.1. The molecule has 9 heavy (non-hydrogen) atoms. The second-order valence-electron chi connectivity index (χ2n) is 2.10. The van der Waals surface area contributed by atoms with Crippen molar-refractivity contribution in [2.24, 2.45) is 0 Å². The Hall–Kier alpha value is -0.990. The van der Waals surface area contributed by atoms with Crippen LogP contribution in [0.2, 0.25) is 0 Å². The summed E-state index contributed by atoms with van der Waals surface area (Å²) < 4.78 is 0. The summed E-state index contributed by atoms with van der Waals surface area (Å²) in [4.78, 5) is 11.3. The molecule has 0 aliphatic carbocycles. The third kappa shape index (κ3) is 1.45. The highest BCUT2D eigenvalue weighted by Crippen LogP contribution is 2.03. The maximum Gasteiger partial charge on any atom is 0.201 e. The van der Waals surface area contributed by atoms with Crippen LogP contribution in [0.15, 0.2) is 6.33 Å². The fraction of sp³-hybridized carbons (Fsp3) is 0.500. The van der Waals surface area contributed by atoms with Crippen molar-refractivity contribution in [2.75, 3.05) is 0 Å². The lowest BCUT2D eigenvalue weighted by Gasteiger charge is -1.97. The fourth-order valence-corrected chi connectivity index (χ4v) is 0.501. The zero-order valence-corrected chi connectivity index (χ0v) is 5.50. The Morgan fingerprint density at radius 3 is 2.67 bits per heavy atom. The van der Waals surface area contributed by atoms with Gasteiger partial charge in [0.25, 0.3) is 0 Å². The Balaban J connectivity index is 2.85. The minimum atomic E-state index is 0.365. The Bertz CT molecular complexity index is 171. The maximum absolute atomic E-state index is 3.92. The van der Waals surface area contributed by atoms with Crippen LogP contribution in [0.25, 0.3) is 0 Å². The molecule has 1 rings (SSSR count). The third-order valence-electron chi connectivity index (χ3n) is 0.986. The third-order valence-corrected chi connectivity index (χ3v) is 0.986. The van der Waals surface area contributed by atoms with Crippen LogP contribution >= 0.6 is 0 Å². The second kappa shape index (κ2) is 2.53. The van der Waals surface area contributed by atoms with Crippen LogP contribution in [0, 0.1) is 6.33 Å². The molecule has 1 aromatic heterocycles. The number of hydrogen-bond acceptors (Lipinski definition) is 3. The lowest BCUT2D eigenvalue weighted by Crippen LogP contribution is -1.96. The molecule has 0 N–H and O–H groups in total. The molecule has 3 nitrogen and oxygen atoms in total. The summed E-state index contributed by atoms with van der Waals surface area (Å²) in [7, 11) is 0. The van der Waals surface area contributed by atoms with Crippen LogP contribution in [0.4, 0.5) is 0 Å². The van der Waals surface area contributed by atoms with Gasteiger partial charge >= 0.3 is 0 Å². The Labute approximate surface area is 54.2 Å². The first-order valence-corrected chi connectivity index (χ1v) is 2.85. The quantitative estimate of drug-likeness (QED) is 0.553. The largest absolute Gasteiger partial charge is 0.221 e. The van der Waals surface area contributed by atoms with Crippen LogP contribution in [-0.2, 0) is 0 Å². The van der Waals surface area contributed by atoms with E-state index in [1.807, 2.05) is 13.8 Å². The van der Waals surface area contributed by atoms with Gasteiger partial charge in [-0.15, -0.1) is 0 Å². The van der Waals surface area contributed by atoms with Crippen molar-refractivity contribution in [1.82, 2.24) is 15.0 Å². The molecule has 0 atom stereocenters. The minimum Gasteiger partial charge on any atom is -0.221 e. The van der Waals surface area contributed by atoms with Crippen molar-refractivity contribution < 1.29 is 0 Å². The number of hydrogen-bond donors (Lipinski definition) is 0. The van der Waals surface area contributed by atoms with Crippen molar-refractivity contribution >= 4 is 0 Å². The summed E-state index contributed by atoms with van der Waals surface area (Å²) in [5.41, 5.74) is 0. The van der Waals surface area contributed by atoms with Crippen molar-refractivity contribution in [2.45, 2.75) is 19.8 Å². The average molecular weight is 122 g/mol. The van der Waals surface area contributed by atoms with E-state index in [4.69, 9.17) is 0 Å². The van der Waals surface area contributed by atoms with Gasteiger partial charge in [0, 0.05) is 5.92 Å². The van der Waals surface area contributed by atoms with Gasteiger partial charge in [0.15, 0.2) is 0 Å². The van der Waals surface area contributed by atoms with Crippen molar-refractivity contribution in [3.05, 3.63) is 18.5 Å². The SMILES string of the molecule is CC(C)c1n[c]ncn1. The first-order chi connectivity index (χ1) is 4.30. The van der Waals surface area contributed by atoms with Gasteiger partial charge in [-0.2, -0.15) is 0 Å². The molecule has 3 heteroatoms. The second-order valence-corrected chi connectivity index (χ2v) is 2.10. The summed E-state index contributed by atoms with van der Waals surface area (Å²) >= 11 is 0. The molecule has 0 bridgehead atoms. The number of nitrogens with zero attached hydrogens (tertiary/aromatic N) is 3. The van der Waals surface area contributed by atoms with Crippen LogP contribution in [0.3, 0.4) is 0 Å². The molecule has 47 valence electrons. The smallest absolute Gasteiger partial charge is 0.201 e. The molecule has 0 amide bonds. The predicted octanol–water partition coefficient (Wildman–Crippen LogP) is 0.795. The van der Waals surface area contributed by atoms with E-state index in [0.717, 1.165) is 5.82 Å². The van der Waals surface area contributed by atoms with E-state index in [0.29, 0.717) is 5.92 Å². The van der Waals surface area contributed by atoms with E-state index in [1.165, 1.54) is 6.33 Å². The predicted molar refractivity (Wildman–Crippen MR) is 32.8 cm³/mol. The van der Waals surface area contributed by atoms with Crippen LogP contribution in [0.1, 0.15) is 25.6 Å². The standard InChI is InChI=1S/C6H8N3/c1-5(2)6-8-3-7-4-9-6/h3,5H,1-2H3. The molecule has 0 fully saturated rings. The Kier molecular flexibility index (Phi) is 1.72. The molecule has 0 aliphatic rings. The van der Waals surface area contributed by atoms with Gasteiger partial charge in [-0.25, -0.2) is 15.0 Å². The Morgan fingerprint density at radius 1 is 1.56 bits per heavy atom. The summed E-state index contributed by atoms with van der Waals surface area (Å²) in [6.45, 7) is 4.06. The van der Waals surface area contributed by atoms with Crippen LogP contribution < -0.4 is 0 Å². The van der Waals surface area contributed by atoms with Crippen LogP contribution in [-0.4, -0.2) is 15.0 Å². The molecule has 1 heterocycles. The summed E-state index contributed by atoms with van der Waals surface area (Å²) in [6, 6.07) is 0. The van der Waals surface area contributed by atoms with Gasteiger partial charge in [-0.05, 0) is 0 Å². The van der Waals surface area contributed by atoms with E-state index < -0.39 is 0 Å². The molecule has 0 saturated carbocycles. The van der Waals surface area contributed by atoms with E-state index in [-0.39, 0.29) is 0 Å². The molecular formula is C6H8N3. The fourth-order valence-electron chi connectivity index (χ4n) is 0.501. The first kappa shape index (κ1) is 6.13. The highest BCUT2D eigenvalue weighted by molar-refractivity contribution is 4.87. The molecule has 0 spiro atoms.